The molecular weight excluding hydrogens is 252 g/mol. The van der Waals surface area contributed by atoms with Crippen LogP contribution in [0.4, 0.5) is 13.8 Å². The van der Waals surface area contributed by atoms with E-state index in [1.54, 1.807) is 4.72 Å². The number of alkyl halides is 2. The number of sulfonamides is 1. The molecule has 0 radical (unpaired) electrons. The number of rotatable bonds is 4. The molecule has 0 aromatic carbocycles. The molecule has 2 N–H and O–H groups in total. The second-order valence-electron chi connectivity index (χ2n) is 2.38. The van der Waals surface area contributed by atoms with E-state index in [9.17, 15) is 22.0 Å². The Morgan fingerprint density at radius 3 is 2.47 bits per heavy atom. The van der Waals surface area contributed by atoms with Gasteiger partial charge >= 0.3 is 11.7 Å². The van der Waals surface area contributed by atoms with E-state index in [2.05, 4.69) is 0 Å². The van der Waals surface area contributed by atoms with Crippen LogP contribution in [0, 0.1) is 0 Å². The maximum absolute atomic E-state index is 11.9. The van der Waals surface area contributed by atoms with E-state index in [1.807, 2.05) is 0 Å². The van der Waals surface area contributed by atoms with Crippen molar-refractivity contribution in [2.45, 2.75) is 5.76 Å². The molecule has 0 bridgehead atoms. The lowest BCUT2D eigenvalue weighted by atomic mass is 10.5. The summed E-state index contributed by atoms with van der Waals surface area (Å²) in [5, 5.41) is 8.33. The third kappa shape index (κ3) is 2.86. The molecule has 0 spiro atoms. The Bertz CT molecular complexity index is 467. The van der Waals surface area contributed by atoms with Crippen LogP contribution in [0.5, 0.6) is 0 Å². The molecule has 1 aromatic rings. The average Bonchev–Trinajstić information content (AvgIpc) is 2.51. The monoisotopic (exact) mass is 257 g/mol. The third-order valence-corrected chi connectivity index (χ3v) is 3.39. The second kappa shape index (κ2) is 4.11. The molecule has 0 saturated carbocycles. The Balaban J connectivity index is 2.87. The quantitative estimate of drug-likeness (QED) is 0.854. The highest BCUT2D eigenvalue weighted by atomic mass is 32.2. The highest BCUT2D eigenvalue weighted by molar-refractivity contribution is 7.93. The molecule has 1 aromatic heterocycles. The number of nitrogens with one attached hydrogen (secondary N) is 1. The summed E-state index contributed by atoms with van der Waals surface area (Å²) in [6.45, 7) is 0. The standard InChI is InChI=1S/C6H5F2NO4S2/c7-6(8)15(12,13)9-4-2-1-3(14-4)5(10)11/h1-2,6,9H,(H,10,11). The van der Waals surface area contributed by atoms with Crippen LogP contribution in [-0.4, -0.2) is 25.3 Å². The molecule has 15 heavy (non-hydrogen) atoms. The molecule has 1 heterocycles. The zero-order valence-corrected chi connectivity index (χ0v) is 8.61. The molecular formula is C6H5F2NO4S2. The number of aromatic carboxylic acids is 1. The maximum Gasteiger partial charge on any atom is 0.355 e. The van der Waals surface area contributed by atoms with Gasteiger partial charge in [0, 0.05) is 0 Å². The molecule has 0 aliphatic rings. The van der Waals surface area contributed by atoms with Crippen molar-refractivity contribution in [1.82, 2.24) is 0 Å². The lowest BCUT2D eigenvalue weighted by molar-refractivity contribution is 0.0702. The summed E-state index contributed by atoms with van der Waals surface area (Å²) in [6.07, 6.45) is 0. The highest BCUT2D eigenvalue weighted by Crippen LogP contribution is 2.24. The normalized spacial score (nSPS) is 11.7. The predicted octanol–water partition coefficient (Wildman–Crippen LogP) is 1.41. The number of halogens is 2. The van der Waals surface area contributed by atoms with Crippen molar-refractivity contribution in [3.63, 3.8) is 0 Å². The number of carboxylic acid groups (broad SMARTS) is 1. The first-order valence-electron chi connectivity index (χ1n) is 3.46. The van der Waals surface area contributed by atoms with Crippen molar-refractivity contribution in [1.29, 1.82) is 0 Å². The number of hydrogen-bond donors (Lipinski definition) is 2. The SMILES string of the molecule is O=C(O)c1ccc(NS(=O)(=O)C(F)F)s1. The van der Waals surface area contributed by atoms with Crippen LogP contribution in [0.25, 0.3) is 0 Å². The van der Waals surface area contributed by atoms with Crippen LogP contribution in [0.3, 0.4) is 0 Å². The van der Waals surface area contributed by atoms with Gasteiger partial charge in [-0.25, -0.2) is 13.2 Å². The molecule has 0 amide bonds. The van der Waals surface area contributed by atoms with Crippen LogP contribution >= 0.6 is 11.3 Å². The highest BCUT2D eigenvalue weighted by Gasteiger charge is 2.24. The van der Waals surface area contributed by atoms with E-state index in [-0.39, 0.29) is 9.88 Å². The minimum absolute atomic E-state index is 0.137. The Labute approximate surface area is 87.4 Å². The smallest absolute Gasteiger partial charge is 0.355 e. The van der Waals surface area contributed by atoms with Crippen molar-refractivity contribution < 1.29 is 27.1 Å². The molecule has 0 saturated heterocycles. The van der Waals surface area contributed by atoms with Gasteiger partial charge in [0.25, 0.3) is 10.0 Å². The zero-order chi connectivity index (χ0) is 11.6. The van der Waals surface area contributed by atoms with E-state index < -0.39 is 21.8 Å². The summed E-state index contributed by atoms with van der Waals surface area (Å²) < 4.78 is 46.7. The number of thiophene rings is 1. The van der Waals surface area contributed by atoms with Crippen molar-refractivity contribution in [3.05, 3.63) is 17.0 Å². The van der Waals surface area contributed by atoms with Gasteiger partial charge in [-0.3, -0.25) is 4.72 Å². The van der Waals surface area contributed by atoms with Crippen LogP contribution in [0.1, 0.15) is 9.67 Å². The van der Waals surface area contributed by atoms with Gasteiger partial charge in [-0.2, -0.15) is 8.78 Å². The summed E-state index contributed by atoms with van der Waals surface area (Å²) in [6, 6.07) is 2.23. The summed E-state index contributed by atoms with van der Waals surface area (Å²) in [5.74, 6) is -4.80. The van der Waals surface area contributed by atoms with E-state index >= 15 is 0 Å². The Morgan fingerprint density at radius 2 is 2.07 bits per heavy atom. The molecule has 9 heteroatoms. The van der Waals surface area contributed by atoms with Crippen molar-refractivity contribution in [2.75, 3.05) is 4.72 Å². The molecule has 5 nitrogen and oxygen atoms in total. The van der Waals surface area contributed by atoms with E-state index in [0.717, 1.165) is 12.1 Å². The van der Waals surface area contributed by atoms with Gasteiger partial charge in [0.2, 0.25) is 0 Å². The zero-order valence-electron chi connectivity index (χ0n) is 6.98. The number of carbonyl (C=O) groups is 1. The fourth-order valence-corrected chi connectivity index (χ4v) is 2.24. The van der Waals surface area contributed by atoms with Gasteiger partial charge in [-0.15, -0.1) is 11.3 Å². The van der Waals surface area contributed by atoms with Crippen LogP contribution < -0.4 is 4.72 Å². The molecule has 0 aliphatic carbocycles. The second-order valence-corrected chi connectivity index (χ2v) is 5.11. The van der Waals surface area contributed by atoms with E-state index in [0.29, 0.717) is 11.3 Å². The predicted molar refractivity (Wildman–Crippen MR) is 49.8 cm³/mol. The summed E-state index contributed by atoms with van der Waals surface area (Å²) in [5.41, 5.74) is 0. The van der Waals surface area contributed by atoms with Gasteiger partial charge in [-0.1, -0.05) is 0 Å². The van der Waals surface area contributed by atoms with Gasteiger partial charge in [0.1, 0.15) is 9.88 Å². The number of anilines is 1. The van der Waals surface area contributed by atoms with Gasteiger partial charge in [0.05, 0.1) is 0 Å². The topological polar surface area (TPSA) is 83.5 Å². The summed E-state index contributed by atoms with van der Waals surface area (Å²) in [7, 11) is -4.73. The Hall–Kier alpha value is -1.22. The van der Waals surface area contributed by atoms with Crippen LogP contribution in [-0.2, 0) is 10.0 Å². The number of carboxylic acids is 1. The molecule has 0 aliphatic heterocycles. The largest absolute Gasteiger partial charge is 0.477 e. The summed E-state index contributed by atoms with van der Waals surface area (Å²) >= 11 is 0.562. The fourth-order valence-electron chi connectivity index (χ4n) is 0.692. The molecule has 84 valence electrons. The Morgan fingerprint density at radius 1 is 1.47 bits per heavy atom. The molecule has 1 rings (SSSR count). The number of hydrogen-bond acceptors (Lipinski definition) is 4. The first kappa shape index (κ1) is 11.9. The maximum atomic E-state index is 11.9. The lowest BCUT2D eigenvalue weighted by Gasteiger charge is -2.02. The first-order chi connectivity index (χ1) is 6.83. The lowest BCUT2D eigenvalue weighted by Crippen LogP contribution is -2.19. The third-order valence-electron chi connectivity index (χ3n) is 1.29. The molecule has 0 atom stereocenters. The summed E-state index contributed by atoms with van der Waals surface area (Å²) in [4.78, 5) is 10.3. The first-order valence-corrected chi connectivity index (χ1v) is 5.82. The van der Waals surface area contributed by atoms with Crippen LogP contribution in [0.2, 0.25) is 0 Å². The fraction of sp³-hybridized carbons (Fsp3) is 0.167. The molecule has 0 unspecified atom stereocenters. The van der Waals surface area contributed by atoms with E-state index in [1.165, 1.54) is 0 Å². The van der Waals surface area contributed by atoms with Gasteiger partial charge in [0.15, 0.2) is 0 Å². The minimum Gasteiger partial charge on any atom is -0.477 e. The van der Waals surface area contributed by atoms with Crippen molar-refractivity contribution >= 4 is 32.3 Å². The average molecular weight is 257 g/mol. The van der Waals surface area contributed by atoms with E-state index in [4.69, 9.17) is 5.11 Å². The van der Waals surface area contributed by atoms with Gasteiger partial charge < -0.3 is 5.11 Å². The van der Waals surface area contributed by atoms with Crippen molar-refractivity contribution in [2.24, 2.45) is 0 Å². The van der Waals surface area contributed by atoms with Crippen LogP contribution in [0.15, 0.2) is 12.1 Å². The Kier molecular flexibility index (Phi) is 3.25. The van der Waals surface area contributed by atoms with Crippen molar-refractivity contribution in [3.8, 4) is 0 Å². The van der Waals surface area contributed by atoms with Gasteiger partial charge in [-0.05, 0) is 12.1 Å². The minimum atomic E-state index is -4.73. The molecule has 0 fully saturated rings.